The first-order chi connectivity index (χ1) is 6.09. The standard InChI is InChI=1S/C12H16S/c1-9(2)8-13-12-7-10(3)5-6-11(12)4/h5-7H,1,8H2,2-4H3. The van der Waals surface area contributed by atoms with Gasteiger partial charge in [0.2, 0.25) is 0 Å². The van der Waals surface area contributed by atoms with Crippen LogP contribution in [0.2, 0.25) is 0 Å². The summed E-state index contributed by atoms with van der Waals surface area (Å²) in [7, 11) is 0. The largest absolute Gasteiger partial charge is 0.121 e. The van der Waals surface area contributed by atoms with E-state index in [0.717, 1.165) is 5.75 Å². The molecule has 1 aromatic carbocycles. The van der Waals surface area contributed by atoms with Gasteiger partial charge in [0.05, 0.1) is 0 Å². The Labute approximate surface area is 85.1 Å². The van der Waals surface area contributed by atoms with Gasteiger partial charge in [-0.05, 0) is 32.4 Å². The van der Waals surface area contributed by atoms with Gasteiger partial charge in [-0.2, -0.15) is 0 Å². The Morgan fingerprint density at radius 2 is 2.08 bits per heavy atom. The molecule has 0 fully saturated rings. The minimum Gasteiger partial charge on any atom is -0.121 e. The summed E-state index contributed by atoms with van der Waals surface area (Å²) in [4.78, 5) is 1.38. The third kappa shape index (κ3) is 3.27. The highest BCUT2D eigenvalue weighted by molar-refractivity contribution is 7.99. The van der Waals surface area contributed by atoms with Gasteiger partial charge in [0.25, 0.3) is 0 Å². The van der Waals surface area contributed by atoms with Crippen molar-refractivity contribution in [2.75, 3.05) is 5.75 Å². The zero-order valence-electron chi connectivity index (χ0n) is 8.55. The number of benzene rings is 1. The highest BCUT2D eigenvalue weighted by atomic mass is 32.2. The molecule has 0 aliphatic heterocycles. The van der Waals surface area contributed by atoms with Crippen LogP contribution in [-0.2, 0) is 0 Å². The van der Waals surface area contributed by atoms with Gasteiger partial charge in [-0.25, -0.2) is 0 Å². The number of thioether (sulfide) groups is 1. The highest BCUT2D eigenvalue weighted by Crippen LogP contribution is 2.24. The lowest BCUT2D eigenvalue weighted by Crippen LogP contribution is -1.84. The van der Waals surface area contributed by atoms with Gasteiger partial charge in [0.15, 0.2) is 0 Å². The lowest BCUT2D eigenvalue weighted by molar-refractivity contribution is 1.26. The summed E-state index contributed by atoms with van der Waals surface area (Å²) >= 11 is 1.87. The number of hydrogen-bond donors (Lipinski definition) is 0. The Bertz CT molecular complexity index is 313. The minimum atomic E-state index is 1.02. The summed E-state index contributed by atoms with van der Waals surface area (Å²) in [6.07, 6.45) is 0. The van der Waals surface area contributed by atoms with E-state index in [4.69, 9.17) is 0 Å². The van der Waals surface area contributed by atoms with E-state index in [2.05, 4.69) is 45.5 Å². The van der Waals surface area contributed by atoms with Gasteiger partial charge in [-0.3, -0.25) is 0 Å². The van der Waals surface area contributed by atoms with Crippen molar-refractivity contribution in [2.24, 2.45) is 0 Å². The average Bonchev–Trinajstić information content (AvgIpc) is 2.06. The third-order valence-electron chi connectivity index (χ3n) is 1.82. The Morgan fingerprint density at radius 1 is 1.38 bits per heavy atom. The fourth-order valence-electron chi connectivity index (χ4n) is 1.06. The van der Waals surface area contributed by atoms with Crippen molar-refractivity contribution in [2.45, 2.75) is 25.7 Å². The second kappa shape index (κ2) is 4.52. The van der Waals surface area contributed by atoms with E-state index in [1.165, 1.54) is 21.6 Å². The molecule has 13 heavy (non-hydrogen) atoms. The van der Waals surface area contributed by atoms with Gasteiger partial charge in [0.1, 0.15) is 0 Å². The fraction of sp³-hybridized carbons (Fsp3) is 0.333. The predicted molar refractivity (Wildman–Crippen MR) is 61.5 cm³/mol. The molecule has 0 saturated carbocycles. The van der Waals surface area contributed by atoms with Crippen LogP contribution in [0.4, 0.5) is 0 Å². The van der Waals surface area contributed by atoms with E-state index in [9.17, 15) is 0 Å². The number of aryl methyl sites for hydroxylation is 2. The number of rotatable bonds is 3. The smallest absolute Gasteiger partial charge is 0.0185 e. The summed E-state index contributed by atoms with van der Waals surface area (Å²) in [6.45, 7) is 10.3. The molecule has 0 spiro atoms. The second-order valence-corrected chi connectivity index (χ2v) is 4.53. The molecule has 1 rings (SSSR count). The molecule has 0 atom stereocenters. The van der Waals surface area contributed by atoms with E-state index >= 15 is 0 Å². The molecule has 0 N–H and O–H groups in total. The van der Waals surface area contributed by atoms with Crippen LogP contribution in [-0.4, -0.2) is 5.75 Å². The molecule has 0 nitrogen and oxygen atoms in total. The first-order valence-corrected chi connectivity index (χ1v) is 5.42. The zero-order chi connectivity index (χ0) is 9.84. The van der Waals surface area contributed by atoms with E-state index < -0.39 is 0 Å². The van der Waals surface area contributed by atoms with Crippen LogP contribution in [0.25, 0.3) is 0 Å². The molecule has 0 unspecified atom stereocenters. The minimum absolute atomic E-state index is 1.02. The van der Waals surface area contributed by atoms with Crippen molar-refractivity contribution in [3.8, 4) is 0 Å². The third-order valence-corrected chi connectivity index (χ3v) is 3.21. The van der Waals surface area contributed by atoms with Crippen LogP contribution in [0.5, 0.6) is 0 Å². The van der Waals surface area contributed by atoms with Gasteiger partial charge < -0.3 is 0 Å². The van der Waals surface area contributed by atoms with Gasteiger partial charge in [-0.15, -0.1) is 11.8 Å². The summed E-state index contributed by atoms with van der Waals surface area (Å²) in [5.41, 5.74) is 3.91. The van der Waals surface area contributed by atoms with Crippen LogP contribution in [0.3, 0.4) is 0 Å². The molecule has 70 valence electrons. The Morgan fingerprint density at radius 3 is 2.69 bits per heavy atom. The molecule has 0 bridgehead atoms. The molecule has 0 aliphatic rings. The molecule has 0 aromatic heterocycles. The van der Waals surface area contributed by atoms with Crippen molar-refractivity contribution in [3.63, 3.8) is 0 Å². The van der Waals surface area contributed by atoms with Crippen molar-refractivity contribution in [1.29, 1.82) is 0 Å². The lowest BCUT2D eigenvalue weighted by atomic mass is 10.2. The van der Waals surface area contributed by atoms with Gasteiger partial charge in [-0.1, -0.05) is 29.8 Å². The summed E-state index contributed by atoms with van der Waals surface area (Å²) in [6, 6.07) is 6.57. The maximum Gasteiger partial charge on any atom is 0.0185 e. The van der Waals surface area contributed by atoms with Gasteiger partial charge >= 0.3 is 0 Å². The molecular weight excluding hydrogens is 176 g/mol. The van der Waals surface area contributed by atoms with Crippen LogP contribution >= 0.6 is 11.8 Å². The summed E-state index contributed by atoms with van der Waals surface area (Å²) in [5.74, 6) is 1.02. The van der Waals surface area contributed by atoms with E-state index in [0.29, 0.717) is 0 Å². The van der Waals surface area contributed by atoms with Crippen molar-refractivity contribution in [1.82, 2.24) is 0 Å². The molecule has 0 radical (unpaired) electrons. The topological polar surface area (TPSA) is 0 Å². The van der Waals surface area contributed by atoms with Crippen molar-refractivity contribution >= 4 is 11.8 Å². The quantitative estimate of drug-likeness (QED) is 0.516. The van der Waals surface area contributed by atoms with Crippen LogP contribution in [0.1, 0.15) is 18.1 Å². The van der Waals surface area contributed by atoms with E-state index in [1.54, 1.807) is 0 Å². The van der Waals surface area contributed by atoms with Crippen molar-refractivity contribution in [3.05, 3.63) is 41.5 Å². The highest BCUT2D eigenvalue weighted by Gasteiger charge is 1.98. The first kappa shape index (κ1) is 10.4. The first-order valence-electron chi connectivity index (χ1n) is 4.44. The second-order valence-electron chi connectivity index (χ2n) is 3.51. The maximum absolute atomic E-state index is 3.90. The molecule has 1 aromatic rings. The molecule has 0 amide bonds. The monoisotopic (exact) mass is 192 g/mol. The fourth-order valence-corrected chi connectivity index (χ4v) is 2.03. The molecule has 0 aliphatic carbocycles. The van der Waals surface area contributed by atoms with Gasteiger partial charge in [0, 0.05) is 10.6 Å². The Kier molecular flexibility index (Phi) is 3.61. The summed E-state index contributed by atoms with van der Waals surface area (Å²) in [5, 5.41) is 0. The Balaban J connectivity index is 2.75. The van der Waals surface area contributed by atoms with Crippen LogP contribution in [0, 0.1) is 13.8 Å². The average molecular weight is 192 g/mol. The summed E-state index contributed by atoms with van der Waals surface area (Å²) < 4.78 is 0. The Hall–Kier alpha value is -0.690. The maximum atomic E-state index is 3.90. The zero-order valence-corrected chi connectivity index (χ0v) is 9.37. The SMILES string of the molecule is C=C(C)CSc1cc(C)ccc1C. The molecule has 0 saturated heterocycles. The normalized spacial score (nSPS) is 10.1. The van der Waals surface area contributed by atoms with Crippen LogP contribution in [0.15, 0.2) is 35.2 Å². The predicted octanol–water partition coefficient (Wildman–Crippen LogP) is 3.97. The lowest BCUT2D eigenvalue weighted by Gasteiger charge is -2.06. The number of hydrogen-bond acceptors (Lipinski definition) is 1. The molecule has 1 heteroatoms. The van der Waals surface area contributed by atoms with Crippen molar-refractivity contribution < 1.29 is 0 Å². The molecular formula is C12H16S. The van der Waals surface area contributed by atoms with Crippen LogP contribution < -0.4 is 0 Å². The van der Waals surface area contributed by atoms with E-state index in [-0.39, 0.29) is 0 Å². The van der Waals surface area contributed by atoms with E-state index in [1.807, 2.05) is 11.8 Å². The molecule has 0 heterocycles.